The third-order valence-corrected chi connectivity index (χ3v) is 11.3. The smallest absolute Gasteiger partial charge is 0.338 e. The Kier molecular flexibility index (Phi) is 6.06. The van der Waals surface area contributed by atoms with Crippen LogP contribution in [0.2, 0.25) is 0 Å². The average molecular weight is 524 g/mol. The molecule has 7 rings (SSSR count). The lowest BCUT2D eigenvalue weighted by atomic mass is 9.46. The lowest BCUT2D eigenvalue weighted by Crippen LogP contribution is -2.71. The minimum Gasteiger partial charge on any atom is -0.458 e. The molecule has 2 aliphatic heterocycles. The number of hydrogen-bond donors (Lipinski definition) is 0. The van der Waals surface area contributed by atoms with E-state index < -0.39 is 0 Å². The number of ether oxygens (including phenoxy) is 5. The second-order valence-electron chi connectivity index (χ2n) is 12.5. The number of hydrogen-bond acceptors (Lipinski definition) is 7. The molecular weight excluding hydrogens is 482 g/mol. The van der Waals surface area contributed by atoms with Crippen molar-refractivity contribution in [2.45, 2.75) is 63.3 Å². The van der Waals surface area contributed by atoms with Gasteiger partial charge in [0, 0.05) is 56.5 Å². The van der Waals surface area contributed by atoms with Crippen molar-refractivity contribution in [2.75, 3.05) is 41.0 Å². The van der Waals surface area contributed by atoms with Gasteiger partial charge in [0.1, 0.15) is 12.3 Å². The molecule has 38 heavy (non-hydrogen) atoms. The van der Waals surface area contributed by atoms with E-state index in [0.29, 0.717) is 11.5 Å². The van der Waals surface area contributed by atoms with Crippen LogP contribution in [0, 0.1) is 34.5 Å². The van der Waals surface area contributed by atoms with Crippen molar-refractivity contribution in [3.8, 4) is 0 Å². The highest BCUT2D eigenvalue weighted by molar-refractivity contribution is 5.89. The molecule has 2 heterocycles. The van der Waals surface area contributed by atoms with Gasteiger partial charge in [-0.2, -0.15) is 0 Å². The van der Waals surface area contributed by atoms with Gasteiger partial charge in [-0.05, 0) is 50.3 Å². The predicted molar refractivity (Wildman–Crippen MR) is 140 cm³/mol. The Morgan fingerprint density at radius 3 is 2.68 bits per heavy atom. The molecule has 7 heteroatoms. The molecule has 6 aliphatic rings. The lowest BCUT2D eigenvalue weighted by Gasteiger charge is -2.64. The van der Waals surface area contributed by atoms with Crippen LogP contribution < -0.4 is 0 Å². The van der Waals surface area contributed by atoms with Crippen LogP contribution in [0.1, 0.15) is 43.0 Å². The zero-order chi connectivity index (χ0) is 26.2. The van der Waals surface area contributed by atoms with Gasteiger partial charge in [0.05, 0.1) is 30.5 Å². The van der Waals surface area contributed by atoms with E-state index in [-0.39, 0.29) is 65.2 Å². The summed E-state index contributed by atoms with van der Waals surface area (Å²) in [7, 11) is 5.52. The summed E-state index contributed by atoms with van der Waals surface area (Å²) in [6.45, 7) is 4.90. The Balaban J connectivity index is 1.37. The van der Waals surface area contributed by atoms with Crippen molar-refractivity contribution < 1.29 is 28.5 Å². The van der Waals surface area contributed by atoms with Gasteiger partial charge >= 0.3 is 5.97 Å². The van der Waals surface area contributed by atoms with Crippen LogP contribution in [0.4, 0.5) is 0 Å². The van der Waals surface area contributed by atoms with E-state index in [1.165, 1.54) is 5.57 Å². The molecule has 11 atom stereocenters. The summed E-state index contributed by atoms with van der Waals surface area (Å²) in [6, 6.07) is 9.39. The summed E-state index contributed by atoms with van der Waals surface area (Å²) >= 11 is 0. The number of carbonyl (C=O) groups is 1. The maximum atomic E-state index is 13.4. The minimum absolute atomic E-state index is 0.00443. The number of methoxy groups -OCH3 is 3. The van der Waals surface area contributed by atoms with Crippen LogP contribution in [0.3, 0.4) is 0 Å². The Bertz CT molecular complexity index is 1110. The first-order valence-electron chi connectivity index (χ1n) is 14.4. The SMILES string of the molecule is CCN1C[C@]2(COC)CC[C@H](OC)[C@]34[C@@H]5C[C@H]6[C@H](OC(=O)c7ccccc7)[C@@H]5C(=C[C@H](O[C@@H]13)[C@H]24)C[C@@H]6OC. The zero-order valence-corrected chi connectivity index (χ0v) is 23.0. The van der Waals surface area contributed by atoms with E-state index in [4.69, 9.17) is 23.7 Å². The van der Waals surface area contributed by atoms with Crippen molar-refractivity contribution in [1.82, 2.24) is 4.90 Å². The summed E-state index contributed by atoms with van der Waals surface area (Å²) in [4.78, 5) is 16.0. The number of nitrogens with zero attached hydrogens (tertiary/aromatic N) is 1. The lowest BCUT2D eigenvalue weighted by molar-refractivity contribution is -0.246. The van der Waals surface area contributed by atoms with Crippen molar-refractivity contribution in [2.24, 2.45) is 34.5 Å². The third kappa shape index (κ3) is 3.17. The molecule has 2 saturated heterocycles. The Labute approximate surface area is 225 Å². The highest BCUT2D eigenvalue weighted by Crippen LogP contribution is 2.73. The van der Waals surface area contributed by atoms with Crippen molar-refractivity contribution in [3.63, 3.8) is 0 Å². The molecular formula is C31H41NO6. The van der Waals surface area contributed by atoms with Crippen molar-refractivity contribution >= 4 is 5.97 Å². The van der Waals surface area contributed by atoms with Crippen LogP contribution in [0.15, 0.2) is 42.0 Å². The first-order valence-corrected chi connectivity index (χ1v) is 14.4. The Hall–Kier alpha value is -1.77. The predicted octanol–water partition coefficient (Wildman–Crippen LogP) is 3.93. The maximum absolute atomic E-state index is 13.4. The number of benzene rings is 1. The number of piperidine rings is 1. The fourth-order valence-electron chi connectivity index (χ4n) is 10.3. The molecule has 5 fully saturated rings. The molecule has 1 aromatic rings. The fraction of sp³-hybridized carbons (Fsp3) is 0.710. The van der Waals surface area contributed by atoms with Gasteiger partial charge in [-0.1, -0.05) is 36.8 Å². The molecule has 206 valence electrons. The molecule has 0 radical (unpaired) electrons. The number of rotatable bonds is 7. The molecule has 0 unspecified atom stereocenters. The first kappa shape index (κ1) is 25.2. The highest BCUT2D eigenvalue weighted by atomic mass is 16.6. The molecule has 4 aliphatic carbocycles. The van der Waals surface area contributed by atoms with Crippen LogP contribution in [-0.2, 0) is 23.7 Å². The second kappa shape index (κ2) is 9.13. The van der Waals surface area contributed by atoms with Crippen molar-refractivity contribution in [3.05, 3.63) is 47.5 Å². The van der Waals surface area contributed by atoms with E-state index in [0.717, 1.165) is 45.4 Å². The van der Waals surface area contributed by atoms with Crippen LogP contribution >= 0.6 is 0 Å². The van der Waals surface area contributed by atoms with Gasteiger partial charge in [0.25, 0.3) is 0 Å². The fourth-order valence-corrected chi connectivity index (χ4v) is 10.3. The molecule has 0 N–H and O–H groups in total. The van der Waals surface area contributed by atoms with Gasteiger partial charge < -0.3 is 23.7 Å². The molecule has 0 spiro atoms. The van der Waals surface area contributed by atoms with E-state index in [2.05, 4.69) is 17.9 Å². The first-order chi connectivity index (χ1) is 18.5. The number of likely N-dealkylation sites (tertiary alicyclic amines) is 1. The van der Waals surface area contributed by atoms with Crippen molar-refractivity contribution in [1.29, 1.82) is 0 Å². The summed E-state index contributed by atoms with van der Waals surface area (Å²) in [5.74, 6) is 0.668. The molecule has 7 nitrogen and oxygen atoms in total. The number of carbonyl (C=O) groups excluding carboxylic acids is 1. The molecule has 1 aromatic carbocycles. The monoisotopic (exact) mass is 523 g/mol. The molecule has 0 aromatic heterocycles. The van der Waals surface area contributed by atoms with Gasteiger partial charge in [0.2, 0.25) is 0 Å². The normalized spacial score (nSPS) is 46.4. The van der Waals surface area contributed by atoms with Crippen LogP contribution in [-0.4, -0.2) is 82.5 Å². The van der Waals surface area contributed by atoms with Gasteiger partial charge in [0.15, 0.2) is 0 Å². The van der Waals surface area contributed by atoms with E-state index in [1.807, 2.05) is 44.6 Å². The van der Waals surface area contributed by atoms with Crippen LogP contribution in [0.5, 0.6) is 0 Å². The van der Waals surface area contributed by atoms with Gasteiger partial charge in [-0.3, -0.25) is 4.90 Å². The third-order valence-electron chi connectivity index (χ3n) is 11.3. The second-order valence-corrected chi connectivity index (χ2v) is 12.5. The van der Waals surface area contributed by atoms with E-state index in [9.17, 15) is 4.79 Å². The number of fused-ring (bicyclic) bond motifs is 1. The summed E-state index contributed by atoms with van der Waals surface area (Å²) in [6.07, 6.45) is 6.24. The minimum atomic E-state index is -0.239. The maximum Gasteiger partial charge on any atom is 0.338 e. The summed E-state index contributed by atoms with van der Waals surface area (Å²) < 4.78 is 32.0. The van der Waals surface area contributed by atoms with Gasteiger partial charge in [-0.15, -0.1) is 0 Å². The summed E-state index contributed by atoms with van der Waals surface area (Å²) in [5.41, 5.74) is 1.78. The molecule has 7 bridgehead atoms. The topological polar surface area (TPSA) is 66.5 Å². The Morgan fingerprint density at radius 2 is 1.97 bits per heavy atom. The quantitative estimate of drug-likeness (QED) is 0.396. The zero-order valence-electron chi connectivity index (χ0n) is 23.0. The van der Waals surface area contributed by atoms with E-state index >= 15 is 0 Å². The average Bonchev–Trinajstić information content (AvgIpc) is 3.30. The largest absolute Gasteiger partial charge is 0.458 e. The van der Waals surface area contributed by atoms with E-state index in [1.54, 1.807) is 7.11 Å². The van der Waals surface area contributed by atoms with Crippen LogP contribution in [0.25, 0.3) is 0 Å². The Morgan fingerprint density at radius 1 is 1.16 bits per heavy atom. The number of esters is 1. The molecule has 3 saturated carbocycles. The molecule has 0 amide bonds. The standard InChI is InChI=1S/C31H41NO6/c1-5-32-16-30(17-34-2)12-11-24(36-4)31-21-15-20-22(35-3)13-19(14-23(27(30)31)37-29(31)32)25(21)26(20)38-28(33)18-9-7-6-8-10-18/h6-10,14,20-27,29H,5,11-13,15-17H2,1-4H3/t20-,21-,22+,23+,24+,25-,26+,27-,29-,30+,31+/m1/s1. The van der Waals surface area contributed by atoms with Gasteiger partial charge in [-0.25, -0.2) is 4.79 Å². The summed E-state index contributed by atoms with van der Waals surface area (Å²) in [5, 5.41) is 0. The highest BCUT2D eigenvalue weighted by Gasteiger charge is 2.78.